The van der Waals surface area contributed by atoms with Crippen LogP contribution in [0.5, 0.6) is 0 Å². The predicted octanol–water partition coefficient (Wildman–Crippen LogP) is 2.66. The van der Waals surface area contributed by atoms with Crippen molar-refractivity contribution < 1.29 is 27.6 Å². The Balaban J connectivity index is 1.51. The number of halogens is 3. The van der Waals surface area contributed by atoms with E-state index in [2.05, 4.69) is 5.32 Å². The van der Waals surface area contributed by atoms with Crippen LogP contribution in [0, 0.1) is 0 Å². The lowest BCUT2D eigenvalue weighted by molar-refractivity contribution is -0.137. The van der Waals surface area contributed by atoms with Crippen LogP contribution in [0.3, 0.4) is 0 Å². The number of carbonyl (C=O) groups is 3. The van der Waals surface area contributed by atoms with Crippen LogP contribution in [0.15, 0.2) is 48.5 Å². The first kappa shape index (κ1) is 18.6. The molecule has 0 atom stereocenters. The monoisotopic (exact) mass is 376 g/mol. The lowest BCUT2D eigenvalue weighted by Crippen LogP contribution is -2.40. The van der Waals surface area contributed by atoms with Gasteiger partial charge in [0, 0.05) is 6.54 Å². The minimum absolute atomic E-state index is 0.174. The lowest BCUT2D eigenvalue weighted by Gasteiger charge is -2.13. The highest BCUT2D eigenvalue weighted by Crippen LogP contribution is 2.29. The molecule has 1 N–H and O–H groups in total. The summed E-state index contributed by atoms with van der Waals surface area (Å²) < 4.78 is 37.5. The lowest BCUT2D eigenvalue weighted by atomic mass is 10.1. The molecule has 5 nitrogen and oxygen atoms in total. The third-order valence-corrected chi connectivity index (χ3v) is 4.20. The van der Waals surface area contributed by atoms with Gasteiger partial charge in [-0.3, -0.25) is 19.3 Å². The fourth-order valence-electron chi connectivity index (χ4n) is 2.79. The molecule has 2 aromatic carbocycles. The maximum absolute atomic E-state index is 12.5. The number of rotatable bonds is 5. The zero-order valence-electron chi connectivity index (χ0n) is 14.0. The number of benzene rings is 2. The van der Waals surface area contributed by atoms with Crippen molar-refractivity contribution >= 4 is 17.7 Å². The number of imide groups is 1. The van der Waals surface area contributed by atoms with Crippen LogP contribution >= 0.6 is 0 Å². The summed E-state index contributed by atoms with van der Waals surface area (Å²) in [4.78, 5) is 37.3. The number of carbonyl (C=O) groups excluding carboxylic acids is 3. The topological polar surface area (TPSA) is 66.5 Å². The van der Waals surface area contributed by atoms with E-state index in [0.717, 1.165) is 17.0 Å². The van der Waals surface area contributed by atoms with Crippen molar-refractivity contribution in [2.24, 2.45) is 0 Å². The van der Waals surface area contributed by atoms with Gasteiger partial charge < -0.3 is 5.32 Å². The van der Waals surface area contributed by atoms with Gasteiger partial charge in [0.15, 0.2) is 0 Å². The molecule has 27 heavy (non-hydrogen) atoms. The molecule has 3 rings (SSSR count). The van der Waals surface area contributed by atoms with Crippen LogP contribution in [-0.4, -0.2) is 35.7 Å². The van der Waals surface area contributed by atoms with Crippen LogP contribution in [0.1, 0.15) is 31.8 Å². The summed E-state index contributed by atoms with van der Waals surface area (Å²) >= 11 is 0. The van der Waals surface area contributed by atoms with E-state index < -0.39 is 36.0 Å². The number of hydrogen-bond acceptors (Lipinski definition) is 3. The van der Waals surface area contributed by atoms with E-state index in [4.69, 9.17) is 0 Å². The second-order valence-corrected chi connectivity index (χ2v) is 6.04. The molecule has 2 aromatic rings. The van der Waals surface area contributed by atoms with Gasteiger partial charge in [-0.15, -0.1) is 0 Å². The fourth-order valence-corrected chi connectivity index (χ4v) is 2.79. The van der Waals surface area contributed by atoms with Crippen molar-refractivity contribution in [3.63, 3.8) is 0 Å². The average Bonchev–Trinajstić information content (AvgIpc) is 2.87. The normalized spacial score (nSPS) is 13.7. The van der Waals surface area contributed by atoms with Crippen molar-refractivity contribution in [1.29, 1.82) is 0 Å². The summed E-state index contributed by atoms with van der Waals surface area (Å²) in [5.74, 6) is -1.56. The van der Waals surface area contributed by atoms with Crippen LogP contribution in [0.4, 0.5) is 13.2 Å². The molecule has 0 spiro atoms. The Labute approximate surface area is 152 Å². The first-order valence-corrected chi connectivity index (χ1v) is 8.15. The first-order valence-electron chi connectivity index (χ1n) is 8.15. The third-order valence-electron chi connectivity index (χ3n) is 4.20. The highest BCUT2D eigenvalue weighted by molar-refractivity contribution is 6.22. The predicted molar refractivity (Wildman–Crippen MR) is 90.0 cm³/mol. The summed E-state index contributed by atoms with van der Waals surface area (Å²) in [5.41, 5.74) is 0.421. The van der Waals surface area contributed by atoms with E-state index >= 15 is 0 Å². The Kier molecular flexibility index (Phi) is 4.98. The van der Waals surface area contributed by atoms with E-state index in [1.807, 2.05) is 0 Å². The Bertz CT molecular complexity index is 857. The molecular weight excluding hydrogens is 361 g/mol. The third kappa shape index (κ3) is 3.99. The molecular formula is C19H15F3N2O3. The molecule has 0 radical (unpaired) electrons. The number of fused-ring (bicyclic) bond motifs is 1. The van der Waals surface area contributed by atoms with Gasteiger partial charge in [-0.05, 0) is 36.2 Å². The molecule has 8 heteroatoms. The van der Waals surface area contributed by atoms with Gasteiger partial charge in [-0.25, -0.2) is 0 Å². The van der Waals surface area contributed by atoms with Crippen molar-refractivity contribution in [2.45, 2.75) is 12.6 Å². The standard InChI is InChI=1S/C19H15F3N2O3/c20-19(21,22)13-7-5-12(6-8-13)9-10-23-16(25)11-24-17(26)14-3-1-2-4-15(14)18(24)27/h1-8H,9-11H2,(H,23,25). The minimum Gasteiger partial charge on any atom is -0.354 e. The molecule has 0 aliphatic carbocycles. The quantitative estimate of drug-likeness (QED) is 0.816. The van der Waals surface area contributed by atoms with Crippen molar-refractivity contribution in [3.8, 4) is 0 Å². The maximum atomic E-state index is 12.5. The van der Waals surface area contributed by atoms with Crippen LogP contribution in [-0.2, 0) is 17.4 Å². The van der Waals surface area contributed by atoms with E-state index in [-0.39, 0.29) is 17.7 Å². The van der Waals surface area contributed by atoms with Gasteiger partial charge >= 0.3 is 6.18 Å². The number of nitrogens with one attached hydrogen (secondary N) is 1. The van der Waals surface area contributed by atoms with Crippen molar-refractivity contribution in [1.82, 2.24) is 10.2 Å². The van der Waals surface area contributed by atoms with Crippen LogP contribution in [0.25, 0.3) is 0 Å². The van der Waals surface area contributed by atoms with Crippen LogP contribution in [0.2, 0.25) is 0 Å². The molecule has 0 aromatic heterocycles. The average molecular weight is 376 g/mol. The van der Waals surface area contributed by atoms with Gasteiger partial charge in [0.1, 0.15) is 6.54 Å². The van der Waals surface area contributed by atoms with E-state index in [0.29, 0.717) is 12.0 Å². The molecule has 3 amide bonds. The van der Waals surface area contributed by atoms with E-state index in [9.17, 15) is 27.6 Å². The fraction of sp³-hybridized carbons (Fsp3) is 0.211. The second-order valence-electron chi connectivity index (χ2n) is 6.04. The molecule has 1 aliphatic heterocycles. The number of amides is 3. The highest BCUT2D eigenvalue weighted by Gasteiger charge is 2.36. The summed E-state index contributed by atoms with van der Waals surface area (Å²) in [6.45, 7) is -0.229. The Hall–Kier alpha value is -3.16. The molecule has 0 saturated carbocycles. The van der Waals surface area contributed by atoms with Gasteiger partial charge in [0.05, 0.1) is 16.7 Å². The molecule has 0 saturated heterocycles. The van der Waals surface area contributed by atoms with Gasteiger partial charge in [0.25, 0.3) is 11.8 Å². The SMILES string of the molecule is O=C(CN1C(=O)c2ccccc2C1=O)NCCc1ccc(C(F)(F)F)cc1. The molecule has 1 aliphatic rings. The van der Waals surface area contributed by atoms with Gasteiger partial charge in [-0.2, -0.15) is 13.2 Å². The van der Waals surface area contributed by atoms with E-state index in [1.54, 1.807) is 12.1 Å². The molecule has 0 unspecified atom stereocenters. The van der Waals surface area contributed by atoms with E-state index in [1.165, 1.54) is 24.3 Å². The summed E-state index contributed by atoms with van der Waals surface area (Å²) in [7, 11) is 0. The molecule has 140 valence electrons. The Morgan fingerprint density at radius 2 is 1.48 bits per heavy atom. The second kappa shape index (κ2) is 7.22. The number of alkyl halides is 3. The summed E-state index contributed by atoms with van der Waals surface area (Å²) in [6.07, 6.45) is -4.06. The molecule has 0 fully saturated rings. The zero-order chi connectivity index (χ0) is 19.6. The zero-order valence-corrected chi connectivity index (χ0v) is 14.0. The van der Waals surface area contributed by atoms with Crippen molar-refractivity contribution in [3.05, 3.63) is 70.8 Å². The molecule has 0 bridgehead atoms. The van der Waals surface area contributed by atoms with Gasteiger partial charge in [0.2, 0.25) is 5.91 Å². The van der Waals surface area contributed by atoms with Crippen LogP contribution < -0.4 is 5.32 Å². The Morgan fingerprint density at radius 1 is 0.926 bits per heavy atom. The number of hydrogen-bond donors (Lipinski definition) is 1. The number of nitrogens with zero attached hydrogens (tertiary/aromatic N) is 1. The van der Waals surface area contributed by atoms with Gasteiger partial charge in [-0.1, -0.05) is 24.3 Å². The Morgan fingerprint density at radius 3 is 2.00 bits per heavy atom. The smallest absolute Gasteiger partial charge is 0.354 e. The highest BCUT2D eigenvalue weighted by atomic mass is 19.4. The van der Waals surface area contributed by atoms with Crippen molar-refractivity contribution in [2.75, 3.05) is 13.1 Å². The molecule has 1 heterocycles. The minimum atomic E-state index is -4.39. The summed E-state index contributed by atoms with van der Waals surface area (Å²) in [6, 6.07) is 11.0. The maximum Gasteiger partial charge on any atom is 0.416 e. The summed E-state index contributed by atoms with van der Waals surface area (Å²) in [5, 5.41) is 2.56. The largest absolute Gasteiger partial charge is 0.416 e. The first-order chi connectivity index (χ1) is 12.8.